The van der Waals surface area contributed by atoms with Crippen molar-refractivity contribution >= 4 is 28.8 Å². The molecule has 11 nitrogen and oxygen atoms in total. The molecule has 2 aliphatic heterocycles. The van der Waals surface area contributed by atoms with Gasteiger partial charge < -0.3 is 34.7 Å². The van der Waals surface area contributed by atoms with E-state index in [1.807, 2.05) is 6.92 Å². The van der Waals surface area contributed by atoms with Gasteiger partial charge in [-0.3, -0.25) is 14.4 Å². The molecule has 3 amide bonds. The molecule has 0 radical (unpaired) electrons. The van der Waals surface area contributed by atoms with Crippen molar-refractivity contribution in [1.82, 2.24) is 25.5 Å². The number of amides is 3. The Morgan fingerprint density at radius 1 is 1.12 bits per heavy atom. The van der Waals surface area contributed by atoms with E-state index in [1.165, 1.54) is 25.3 Å². The minimum absolute atomic E-state index is 0.0580. The lowest BCUT2D eigenvalue weighted by Gasteiger charge is -2.39. The van der Waals surface area contributed by atoms with Crippen LogP contribution in [0.4, 0.5) is 4.39 Å². The highest BCUT2D eigenvalue weighted by Gasteiger charge is 2.35. The third kappa shape index (κ3) is 6.08. The molecule has 4 aromatic rings. The molecule has 1 fully saturated rings. The summed E-state index contributed by atoms with van der Waals surface area (Å²) < 4.78 is 31.9. The van der Waals surface area contributed by atoms with Gasteiger partial charge in [-0.15, -0.1) is 0 Å². The minimum Gasteiger partial charge on any atom is -0.493 e. The van der Waals surface area contributed by atoms with E-state index in [0.29, 0.717) is 29.8 Å². The summed E-state index contributed by atoms with van der Waals surface area (Å²) in [5, 5.41) is 5.70. The van der Waals surface area contributed by atoms with Crippen molar-refractivity contribution in [3.63, 3.8) is 0 Å². The number of benzene rings is 3. The quantitative estimate of drug-likeness (QED) is 0.328. The Bertz CT molecular complexity index is 1720. The Labute approximate surface area is 246 Å². The molecule has 1 aromatic heterocycles. The summed E-state index contributed by atoms with van der Waals surface area (Å²) in [5.74, 6) is -0.0373. The van der Waals surface area contributed by atoms with Gasteiger partial charge in [-0.1, -0.05) is 0 Å². The van der Waals surface area contributed by atoms with E-state index in [1.54, 1.807) is 41.3 Å². The van der Waals surface area contributed by atoms with Crippen LogP contribution in [0.1, 0.15) is 38.5 Å². The third-order valence-electron chi connectivity index (χ3n) is 7.49. The number of carbonyl (C=O) groups is 3. The summed E-state index contributed by atoms with van der Waals surface area (Å²) in [6.07, 6.45) is -0.192. The van der Waals surface area contributed by atoms with E-state index in [9.17, 15) is 18.8 Å². The first-order chi connectivity index (χ1) is 20.7. The first-order valence-corrected chi connectivity index (χ1v) is 13.9. The van der Waals surface area contributed by atoms with Crippen LogP contribution in [0.2, 0.25) is 0 Å². The molecule has 0 saturated carbocycles. The molecule has 0 spiro atoms. The SMILES string of the molecule is COc1ccc2cc1OCC(=O)N[C@@H]1CN(C(=O)c3ccc4nc(C)[nH]c4c3)CC[C@@H]1Oc1cc(F)cc(c1)CNC2=O. The highest BCUT2D eigenvalue weighted by molar-refractivity contribution is 5.97. The van der Waals surface area contributed by atoms with Crippen LogP contribution in [0, 0.1) is 12.7 Å². The number of nitrogens with zero attached hydrogens (tertiary/aromatic N) is 2. The zero-order valence-electron chi connectivity index (χ0n) is 23.6. The second kappa shape index (κ2) is 11.6. The number of ether oxygens (including phenoxy) is 3. The van der Waals surface area contributed by atoms with Gasteiger partial charge in [0.15, 0.2) is 18.1 Å². The van der Waals surface area contributed by atoms with E-state index in [0.717, 1.165) is 16.9 Å². The molecule has 3 aromatic carbocycles. The van der Waals surface area contributed by atoms with Crippen molar-refractivity contribution in [3.8, 4) is 17.2 Å². The highest BCUT2D eigenvalue weighted by atomic mass is 19.1. The molecule has 4 bridgehead atoms. The summed E-state index contributed by atoms with van der Waals surface area (Å²) in [7, 11) is 1.45. The van der Waals surface area contributed by atoms with E-state index < -0.39 is 29.8 Å². The van der Waals surface area contributed by atoms with Gasteiger partial charge in [0.05, 0.1) is 24.2 Å². The van der Waals surface area contributed by atoms with Gasteiger partial charge in [0.2, 0.25) is 0 Å². The summed E-state index contributed by atoms with van der Waals surface area (Å²) in [4.78, 5) is 48.7. The zero-order chi connectivity index (χ0) is 30.1. The van der Waals surface area contributed by atoms with E-state index in [-0.39, 0.29) is 42.7 Å². The van der Waals surface area contributed by atoms with Crippen molar-refractivity contribution in [2.75, 3.05) is 26.8 Å². The average molecular weight is 588 g/mol. The zero-order valence-corrected chi connectivity index (χ0v) is 23.6. The van der Waals surface area contributed by atoms with Crippen molar-refractivity contribution in [3.05, 3.63) is 82.9 Å². The summed E-state index contributed by atoms with van der Waals surface area (Å²) in [6.45, 7) is 2.04. The van der Waals surface area contributed by atoms with Crippen molar-refractivity contribution < 1.29 is 33.0 Å². The van der Waals surface area contributed by atoms with E-state index >= 15 is 0 Å². The Hall–Kier alpha value is -5.13. The van der Waals surface area contributed by atoms with Gasteiger partial charge >= 0.3 is 0 Å². The largest absolute Gasteiger partial charge is 0.493 e. The van der Waals surface area contributed by atoms with Crippen LogP contribution in [0.25, 0.3) is 11.0 Å². The number of aromatic amines is 1. The number of likely N-dealkylation sites (tertiary alicyclic amines) is 1. The number of hydrogen-bond acceptors (Lipinski definition) is 7. The predicted octanol–water partition coefficient (Wildman–Crippen LogP) is 3.12. The van der Waals surface area contributed by atoms with Crippen LogP contribution in [0.3, 0.4) is 0 Å². The van der Waals surface area contributed by atoms with Crippen molar-refractivity contribution in [2.45, 2.75) is 32.0 Å². The molecule has 0 unspecified atom stereocenters. The Kier molecular flexibility index (Phi) is 7.58. The number of carbonyl (C=O) groups excluding carboxylic acids is 3. The Morgan fingerprint density at radius 2 is 1.98 bits per heavy atom. The summed E-state index contributed by atoms with van der Waals surface area (Å²) >= 11 is 0. The molecule has 2 aliphatic rings. The maximum atomic E-state index is 14.6. The predicted molar refractivity (Wildman–Crippen MR) is 154 cm³/mol. The van der Waals surface area contributed by atoms with Gasteiger partial charge in [-0.2, -0.15) is 0 Å². The van der Waals surface area contributed by atoms with Crippen LogP contribution in [0.15, 0.2) is 54.6 Å². The molecule has 0 aliphatic carbocycles. The smallest absolute Gasteiger partial charge is 0.258 e. The lowest BCUT2D eigenvalue weighted by molar-refractivity contribution is -0.125. The maximum absolute atomic E-state index is 14.6. The van der Waals surface area contributed by atoms with Gasteiger partial charge in [-0.05, 0) is 61.0 Å². The molecule has 3 N–H and O–H groups in total. The summed E-state index contributed by atoms with van der Waals surface area (Å²) in [5.41, 5.74) is 2.79. The molecular formula is C31H30FN5O6. The van der Waals surface area contributed by atoms with E-state index in [4.69, 9.17) is 14.2 Å². The number of fused-ring (bicyclic) bond motifs is 6. The molecule has 6 rings (SSSR count). The number of nitrogens with one attached hydrogen (secondary N) is 3. The lowest BCUT2D eigenvalue weighted by atomic mass is 10.00. The fourth-order valence-corrected chi connectivity index (χ4v) is 5.42. The Morgan fingerprint density at radius 3 is 2.81 bits per heavy atom. The lowest BCUT2D eigenvalue weighted by Crippen LogP contribution is -2.58. The number of H-pyrrole nitrogens is 1. The van der Waals surface area contributed by atoms with Crippen LogP contribution in [-0.4, -0.2) is 71.5 Å². The van der Waals surface area contributed by atoms with Gasteiger partial charge in [0, 0.05) is 43.2 Å². The maximum Gasteiger partial charge on any atom is 0.258 e. The molecule has 12 heteroatoms. The second-order valence-corrected chi connectivity index (χ2v) is 10.6. The molecular weight excluding hydrogens is 557 g/mol. The number of piperidine rings is 1. The van der Waals surface area contributed by atoms with Gasteiger partial charge in [-0.25, -0.2) is 9.37 Å². The number of imidazole rings is 1. The number of aryl methyl sites for hydroxylation is 1. The number of halogens is 1. The number of aromatic nitrogens is 2. The molecule has 1 saturated heterocycles. The molecule has 3 heterocycles. The summed E-state index contributed by atoms with van der Waals surface area (Å²) in [6, 6.07) is 13.5. The molecule has 43 heavy (non-hydrogen) atoms. The van der Waals surface area contributed by atoms with Crippen LogP contribution in [-0.2, 0) is 11.3 Å². The monoisotopic (exact) mass is 587 g/mol. The van der Waals surface area contributed by atoms with Gasteiger partial charge in [0.1, 0.15) is 23.5 Å². The van der Waals surface area contributed by atoms with Crippen LogP contribution < -0.4 is 24.8 Å². The normalized spacial score (nSPS) is 19.0. The first kappa shape index (κ1) is 28.0. The highest BCUT2D eigenvalue weighted by Crippen LogP contribution is 2.29. The fraction of sp³-hybridized carbons (Fsp3) is 0.290. The Balaban J connectivity index is 1.28. The van der Waals surface area contributed by atoms with Gasteiger partial charge in [0.25, 0.3) is 17.7 Å². The van der Waals surface area contributed by atoms with E-state index in [2.05, 4.69) is 20.6 Å². The molecule has 2 atom stereocenters. The fourth-order valence-electron chi connectivity index (χ4n) is 5.42. The number of hydrogen-bond donors (Lipinski definition) is 3. The standard InChI is InChI=1S/C31H30FN5O6/c1-17-34-23-5-3-20(11-24(23)35-17)31(40)37-8-7-26-25(15-37)36-29(38)16-42-28-12-19(4-6-27(28)41-2)30(39)33-14-18-9-21(32)13-22(10-18)43-26/h3-6,9-13,25-26H,7-8,14-16H2,1-2H3,(H,33,39)(H,34,35)(H,36,38)/t25-,26+/m1/s1. The number of rotatable bonds is 2. The second-order valence-electron chi connectivity index (χ2n) is 10.6. The average Bonchev–Trinajstić information content (AvgIpc) is 3.37. The van der Waals surface area contributed by atoms with Crippen LogP contribution >= 0.6 is 0 Å². The van der Waals surface area contributed by atoms with Crippen molar-refractivity contribution in [2.24, 2.45) is 0 Å². The number of methoxy groups -OCH3 is 1. The molecule has 222 valence electrons. The van der Waals surface area contributed by atoms with Crippen molar-refractivity contribution in [1.29, 1.82) is 0 Å². The third-order valence-corrected chi connectivity index (χ3v) is 7.49. The van der Waals surface area contributed by atoms with Crippen LogP contribution in [0.5, 0.6) is 17.2 Å². The minimum atomic E-state index is -0.625. The topological polar surface area (TPSA) is 135 Å². The first-order valence-electron chi connectivity index (χ1n) is 13.9.